The molecule has 29 heavy (non-hydrogen) atoms. The minimum Gasteiger partial charge on any atom is -0.381 e. The van der Waals surface area contributed by atoms with Gasteiger partial charge in [0.05, 0.1) is 0 Å². The second kappa shape index (κ2) is 10.4. The van der Waals surface area contributed by atoms with Gasteiger partial charge in [-0.3, -0.25) is 14.4 Å². The van der Waals surface area contributed by atoms with Crippen LogP contribution in [0.25, 0.3) is 0 Å². The van der Waals surface area contributed by atoms with Crippen molar-refractivity contribution < 1.29 is 19.1 Å². The number of carbonyl (C=O) groups is 3. The van der Waals surface area contributed by atoms with Crippen LogP contribution in [0.2, 0.25) is 0 Å². The summed E-state index contributed by atoms with van der Waals surface area (Å²) >= 11 is 1.54. The smallest absolute Gasteiger partial charge is 0.309 e. The van der Waals surface area contributed by atoms with Crippen LogP contribution in [0.4, 0.5) is 0 Å². The summed E-state index contributed by atoms with van der Waals surface area (Å²) < 4.78 is 5.39. The van der Waals surface area contributed by atoms with Gasteiger partial charge in [-0.1, -0.05) is 31.0 Å². The van der Waals surface area contributed by atoms with Crippen molar-refractivity contribution in [1.29, 1.82) is 0 Å². The lowest BCUT2D eigenvalue weighted by Crippen LogP contribution is -2.53. The topological polar surface area (TPSA) is 100 Å². The fourth-order valence-corrected chi connectivity index (χ4v) is 5.19. The fourth-order valence-electron chi connectivity index (χ4n) is 4.09. The van der Waals surface area contributed by atoms with E-state index in [-0.39, 0.29) is 17.7 Å². The molecular formula is C20H32N4O4S. The Morgan fingerprint density at radius 3 is 2.45 bits per heavy atom. The van der Waals surface area contributed by atoms with Gasteiger partial charge in [0.15, 0.2) is 5.17 Å². The number of amidine groups is 1. The Balaban J connectivity index is 1.65. The number of carbonyl (C=O) groups excluding carboxylic acids is 3. The number of thioether (sulfide) groups is 1. The molecule has 2 saturated heterocycles. The minimum absolute atomic E-state index is 0.0628. The Labute approximate surface area is 176 Å². The van der Waals surface area contributed by atoms with Gasteiger partial charge in [-0.2, -0.15) is 0 Å². The second-order valence-corrected chi connectivity index (χ2v) is 9.23. The molecule has 0 spiro atoms. The summed E-state index contributed by atoms with van der Waals surface area (Å²) in [5.41, 5.74) is 2.40. The summed E-state index contributed by atoms with van der Waals surface area (Å²) in [4.78, 5) is 40.2. The predicted octanol–water partition coefficient (Wildman–Crippen LogP) is 1.50. The first-order valence-corrected chi connectivity index (χ1v) is 11.6. The molecule has 1 aliphatic carbocycles. The lowest BCUT2D eigenvalue weighted by atomic mass is 9.85. The maximum absolute atomic E-state index is 13.0. The zero-order valence-corrected chi connectivity index (χ0v) is 18.1. The average molecular weight is 425 g/mol. The van der Waals surface area contributed by atoms with E-state index in [4.69, 9.17) is 4.74 Å². The third kappa shape index (κ3) is 5.72. The summed E-state index contributed by atoms with van der Waals surface area (Å²) in [6, 6.07) is -0.488. The van der Waals surface area contributed by atoms with Crippen LogP contribution in [0.3, 0.4) is 0 Å². The molecule has 2 heterocycles. The molecule has 2 atom stereocenters. The molecule has 2 aliphatic heterocycles. The maximum atomic E-state index is 13.0. The van der Waals surface area contributed by atoms with Crippen LogP contribution in [0.15, 0.2) is 5.10 Å². The Kier molecular flexibility index (Phi) is 7.94. The first-order valence-electron chi connectivity index (χ1n) is 10.6. The van der Waals surface area contributed by atoms with Gasteiger partial charge >= 0.3 is 5.91 Å². The monoisotopic (exact) mass is 424 g/mol. The van der Waals surface area contributed by atoms with Crippen molar-refractivity contribution in [2.24, 2.45) is 16.9 Å². The number of ketones is 1. The van der Waals surface area contributed by atoms with Crippen molar-refractivity contribution in [3.8, 4) is 0 Å². The standard InChI is InChI=1S/C20H32N4O4S/c1-13-12-29-20(24(13)2)23-22-19(27)17(25)16(14-8-10-28-11-9-14)21-18(26)15-6-4-3-5-7-15/h13-16H,3-12H2,1-2H3,(H,21,26)(H,22,27)/t13-,16?/m1/s1. The molecule has 1 saturated carbocycles. The SMILES string of the molecule is C[C@@H]1CSC(=NNC(=O)C(=O)C(NC(=O)C2CCCCC2)C2CCOCC2)N1C. The molecule has 3 fully saturated rings. The number of Topliss-reactive ketones (excluding diaryl/α,β-unsaturated/α-hetero) is 1. The predicted molar refractivity (Wildman–Crippen MR) is 112 cm³/mol. The average Bonchev–Trinajstić information content (AvgIpc) is 3.08. The van der Waals surface area contributed by atoms with E-state index < -0.39 is 17.7 Å². The number of amides is 2. The molecule has 8 nitrogen and oxygen atoms in total. The van der Waals surface area contributed by atoms with E-state index in [1.807, 2.05) is 11.9 Å². The summed E-state index contributed by atoms with van der Waals surface area (Å²) in [6.07, 6.45) is 6.23. The molecule has 2 N–H and O–H groups in total. The summed E-state index contributed by atoms with van der Waals surface area (Å²) in [5.74, 6) is -0.761. The van der Waals surface area contributed by atoms with Gasteiger partial charge in [-0.25, -0.2) is 5.43 Å². The molecule has 1 unspecified atom stereocenters. The van der Waals surface area contributed by atoms with Gasteiger partial charge in [0.2, 0.25) is 11.7 Å². The first-order chi connectivity index (χ1) is 14.0. The molecule has 0 bridgehead atoms. The lowest BCUT2D eigenvalue weighted by molar-refractivity contribution is -0.142. The number of hydrazone groups is 1. The van der Waals surface area contributed by atoms with Crippen LogP contribution >= 0.6 is 11.8 Å². The minimum atomic E-state index is -0.818. The zero-order valence-electron chi connectivity index (χ0n) is 17.3. The number of hydrogen-bond acceptors (Lipinski definition) is 6. The van der Waals surface area contributed by atoms with E-state index in [2.05, 4.69) is 22.8 Å². The Bertz CT molecular complexity index is 644. The maximum Gasteiger partial charge on any atom is 0.309 e. The van der Waals surface area contributed by atoms with Crippen molar-refractivity contribution in [3.05, 3.63) is 0 Å². The van der Waals surface area contributed by atoms with Crippen molar-refractivity contribution in [1.82, 2.24) is 15.6 Å². The van der Waals surface area contributed by atoms with Crippen LogP contribution in [-0.4, -0.2) is 65.8 Å². The summed E-state index contributed by atoms with van der Waals surface area (Å²) in [7, 11) is 1.91. The van der Waals surface area contributed by atoms with E-state index in [1.54, 1.807) is 11.8 Å². The van der Waals surface area contributed by atoms with Crippen LogP contribution in [0.5, 0.6) is 0 Å². The highest BCUT2D eigenvalue weighted by molar-refractivity contribution is 8.14. The lowest BCUT2D eigenvalue weighted by Gasteiger charge is -2.31. The number of nitrogens with one attached hydrogen (secondary N) is 2. The number of rotatable bonds is 6. The Hall–Kier alpha value is -1.61. The number of ether oxygens (including phenoxy) is 1. The van der Waals surface area contributed by atoms with Crippen molar-refractivity contribution in [2.75, 3.05) is 26.0 Å². The van der Waals surface area contributed by atoms with Crippen LogP contribution < -0.4 is 10.7 Å². The van der Waals surface area contributed by atoms with Crippen molar-refractivity contribution >= 4 is 34.5 Å². The summed E-state index contributed by atoms with van der Waals surface area (Å²) in [6.45, 7) is 3.15. The highest BCUT2D eigenvalue weighted by Crippen LogP contribution is 2.26. The Morgan fingerprint density at radius 1 is 1.14 bits per heavy atom. The van der Waals surface area contributed by atoms with E-state index >= 15 is 0 Å². The van der Waals surface area contributed by atoms with E-state index in [1.165, 1.54) is 0 Å². The Morgan fingerprint density at radius 2 is 1.83 bits per heavy atom. The highest BCUT2D eigenvalue weighted by atomic mass is 32.2. The quantitative estimate of drug-likeness (QED) is 0.495. The largest absolute Gasteiger partial charge is 0.381 e. The van der Waals surface area contributed by atoms with Gasteiger partial charge < -0.3 is 15.0 Å². The van der Waals surface area contributed by atoms with E-state index in [0.717, 1.165) is 37.9 Å². The van der Waals surface area contributed by atoms with Gasteiger partial charge in [-0.15, -0.1) is 5.10 Å². The molecule has 3 aliphatic rings. The molecule has 2 amide bonds. The third-order valence-electron chi connectivity index (χ3n) is 6.19. The number of nitrogens with zero attached hydrogens (tertiary/aromatic N) is 2. The highest BCUT2D eigenvalue weighted by Gasteiger charge is 2.36. The molecule has 0 radical (unpaired) electrons. The molecule has 0 aromatic carbocycles. The van der Waals surface area contributed by atoms with E-state index in [0.29, 0.717) is 37.3 Å². The number of hydrogen-bond donors (Lipinski definition) is 2. The van der Waals surface area contributed by atoms with Crippen molar-refractivity contribution in [2.45, 2.75) is 64.0 Å². The first kappa shape index (κ1) is 22.1. The molecule has 162 valence electrons. The molecule has 9 heteroatoms. The van der Waals surface area contributed by atoms with Crippen LogP contribution in [0.1, 0.15) is 51.9 Å². The van der Waals surface area contributed by atoms with Crippen LogP contribution in [0, 0.1) is 11.8 Å². The van der Waals surface area contributed by atoms with E-state index in [9.17, 15) is 14.4 Å². The van der Waals surface area contributed by atoms with Gasteiger partial charge in [0.25, 0.3) is 0 Å². The molecule has 3 rings (SSSR count). The fraction of sp³-hybridized carbons (Fsp3) is 0.800. The third-order valence-corrected chi connectivity index (χ3v) is 7.47. The van der Waals surface area contributed by atoms with Crippen LogP contribution in [-0.2, 0) is 19.1 Å². The molecule has 0 aromatic heterocycles. The normalized spacial score (nSPS) is 26.3. The van der Waals surface area contributed by atoms with Gasteiger partial charge in [0, 0.05) is 38.0 Å². The molecular weight excluding hydrogens is 392 g/mol. The zero-order chi connectivity index (χ0) is 20.8. The summed E-state index contributed by atoms with van der Waals surface area (Å²) in [5, 5.41) is 7.72. The van der Waals surface area contributed by atoms with Crippen molar-refractivity contribution in [3.63, 3.8) is 0 Å². The van der Waals surface area contributed by atoms with Gasteiger partial charge in [-0.05, 0) is 38.5 Å². The second-order valence-electron chi connectivity index (χ2n) is 8.24. The van der Waals surface area contributed by atoms with Gasteiger partial charge in [0.1, 0.15) is 6.04 Å². The molecule has 0 aromatic rings.